The van der Waals surface area contributed by atoms with Gasteiger partial charge in [0.1, 0.15) is 0 Å². The topological polar surface area (TPSA) is 135 Å². The number of carbonyl (C=O) groups excluding carboxylic acids is 1. The van der Waals surface area contributed by atoms with Gasteiger partial charge in [0.25, 0.3) is 0 Å². The fraction of sp³-hybridized carbons (Fsp3) is 0.526. The van der Waals surface area contributed by atoms with Crippen LogP contribution in [0.5, 0.6) is 0 Å². The van der Waals surface area contributed by atoms with Crippen LogP contribution in [-0.2, 0) is 26.1 Å². The molecular weight excluding hydrogens is 442 g/mol. The van der Waals surface area contributed by atoms with Crippen LogP contribution in [0.1, 0.15) is 33.6 Å². The van der Waals surface area contributed by atoms with Gasteiger partial charge in [-0.15, -0.1) is 5.10 Å². The van der Waals surface area contributed by atoms with E-state index in [1.165, 1.54) is 28.8 Å². The predicted octanol–water partition coefficient (Wildman–Crippen LogP) is 1.56. The molecule has 170 valence electrons. The Kier molecular flexibility index (Phi) is 7.57. The van der Waals surface area contributed by atoms with E-state index in [0.717, 1.165) is 24.6 Å². The van der Waals surface area contributed by atoms with Crippen molar-refractivity contribution in [1.29, 1.82) is 0 Å². The van der Waals surface area contributed by atoms with Crippen LogP contribution in [0, 0.1) is 0 Å². The smallest absolute Gasteiger partial charge is 0.344 e. The van der Waals surface area contributed by atoms with Crippen molar-refractivity contribution in [2.75, 3.05) is 11.9 Å². The lowest BCUT2D eigenvalue weighted by atomic mass is 10.2. The molecule has 0 radical (unpaired) electrons. The molecule has 0 saturated carbocycles. The molecule has 3 rings (SSSR count). The number of hydrogen-bond acceptors (Lipinski definition) is 7. The molecule has 2 heterocycles. The van der Waals surface area contributed by atoms with Crippen LogP contribution in [0.25, 0.3) is 0 Å². The Morgan fingerprint density at radius 3 is 2.65 bits per heavy atom. The number of aromatic amines is 1. The molecule has 1 amide bonds. The molecule has 0 aliphatic carbocycles. The summed E-state index contributed by atoms with van der Waals surface area (Å²) in [6.07, 6.45) is 1.82. The fourth-order valence-corrected chi connectivity index (χ4v) is 5.21. The molecular formula is C19H27N5O5S2. The number of aromatic nitrogens is 3. The Morgan fingerprint density at radius 2 is 2.03 bits per heavy atom. The van der Waals surface area contributed by atoms with E-state index in [2.05, 4.69) is 20.2 Å². The number of H-pyrrole nitrogens is 1. The van der Waals surface area contributed by atoms with Gasteiger partial charge >= 0.3 is 5.69 Å². The SMILES string of the molecule is CC(C)NS(=O)(=O)c1ccc(NC(=O)C(C)Sc2n[nH]c(=O)n2CC2CCCO2)cc1. The lowest BCUT2D eigenvalue weighted by Crippen LogP contribution is -2.30. The van der Waals surface area contributed by atoms with E-state index in [4.69, 9.17) is 4.74 Å². The van der Waals surface area contributed by atoms with Gasteiger partial charge in [-0.3, -0.25) is 9.36 Å². The predicted molar refractivity (Wildman–Crippen MR) is 118 cm³/mol. The number of thioether (sulfide) groups is 1. The minimum atomic E-state index is -3.60. The summed E-state index contributed by atoms with van der Waals surface area (Å²) in [6.45, 7) is 6.27. The third kappa shape index (κ3) is 6.19. The molecule has 1 aliphatic heterocycles. The molecule has 10 nitrogen and oxygen atoms in total. The van der Waals surface area contributed by atoms with E-state index in [1.54, 1.807) is 20.8 Å². The molecule has 1 aromatic carbocycles. The second-order valence-corrected chi connectivity index (χ2v) is 10.6. The zero-order valence-electron chi connectivity index (χ0n) is 17.6. The van der Waals surface area contributed by atoms with Crippen molar-refractivity contribution in [3.05, 3.63) is 34.7 Å². The minimum absolute atomic E-state index is 0.0289. The summed E-state index contributed by atoms with van der Waals surface area (Å²) in [4.78, 5) is 24.8. The van der Waals surface area contributed by atoms with Crippen LogP contribution in [0.15, 0.2) is 39.1 Å². The van der Waals surface area contributed by atoms with Gasteiger partial charge in [0, 0.05) is 18.3 Å². The lowest BCUT2D eigenvalue weighted by molar-refractivity contribution is -0.115. The lowest BCUT2D eigenvalue weighted by Gasteiger charge is -2.14. The number of carbonyl (C=O) groups is 1. The second kappa shape index (κ2) is 9.98. The molecule has 3 N–H and O–H groups in total. The van der Waals surface area contributed by atoms with Crippen LogP contribution < -0.4 is 15.7 Å². The highest BCUT2D eigenvalue weighted by Gasteiger charge is 2.23. The Balaban J connectivity index is 1.62. The second-order valence-electron chi connectivity index (χ2n) is 7.61. The highest BCUT2D eigenvalue weighted by Crippen LogP contribution is 2.23. The summed E-state index contributed by atoms with van der Waals surface area (Å²) in [5, 5.41) is 9.09. The van der Waals surface area contributed by atoms with Crippen LogP contribution in [0.2, 0.25) is 0 Å². The molecule has 1 aliphatic rings. The highest BCUT2D eigenvalue weighted by molar-refractivity contribution is 8.00. The van der Waals surface area contributed by atoms with Crippen molar-refractivity contribution in [2.24, 2.45) is 0 Å². The largest absolute Gasteiger partial charge is 0.376 e. The maximum Gasteiger partial charge on any atom is 0.344 e. The van der Waals surface area contributed by atoms with Gasteiger partial charge in [-0.2, -0.15) is 0 Å². The number of nitrogens with one attached hydrogen (secondary N) is 3. The average molecular weight is 470 g/mol. The first-order valence-electron chi connectivity index (χ1n) is 10.0. The van der Waals surface area contributed by atoms with E-state index in [-0.39, 0.29) is 28.6 Å². The quantitative estimate of drug-likeness (QED) is 0.474. The molecule has 12 heteroatoms. The van der Waals surface area contributed by atoms with E-state index in [0.29, 0.717) is 24.0 Å². The third-order valence-corrected chi connectivity index (χ3v) is 7.37. The number of rotatable bonds is 9. The van der Waals surface area contributed by atoms with Crippen LogP contribution in [-0.4, -0.2) is 53.1 Å². The van der Waals surface area contributed by atoms with Gasteiger partial charge in [-0.1, -0.05) is 11.8 Å². The summed E-state index contributed by atoms with van der Waals surface area (Å²) >= 11 is 1.16. The number of nitrogens with zero attached hydrogens (tertiary/aromatic N) is 2. The summed E-state index contributed by atoms with van der Waals surface area (Å²) in [6, 6.07) is 5.72. The number of amides is 1. The fourth-order valence-electron chi connectivity index (χ4n) is 3.10. The van der Waals surface area contributed by atoms with E-state index < -0.39 is 15.3 Å². The Morgan fingerprint density at radius 1 is 1.32 bits per heavy atom. The molecule has 0 spiro atoms. The van der Waals surface area contributed by atoms with Crippen molar-refractivity contribution < 1.29 is 17.9 Å². The molecule has 31 heavy (non-hydrogen) atoms. The summed E-state index contributed by atoms with van der Waals surface area (Å²) in [5.74, 6) is -0.292. The summed E-state index contributed by atoms with van der Waals surface area (Å²) in [7, 11) is -3.60. The standard InChI is InChI=1S/C19H27N5O5S2/c1-12(2)23-31(27,28)16-8-6-14(7-9-16)20-17(25)13(3)30-19-22-21-18(26)24(19)11-15-5-4-10-29-15/h6-9,12-13,15,23H,4-5,10-11H2,1-3H3,(H,20,25)(H,21,26). The first-order valence-corrected chi connectivity index (χ1v) is 12.4. The Bertz CT molecular complexity index is 1060. The molecule has 2 aromatic rings. The van der Waals surface area contributed by atoms with Gasteiger partial charge in [0.2, 0.25) is 15.9 Å². The van der Waals surface area contributed by atoms with Gasteiger partial charge in [0.15, 0.2) is 5.16 Å². The number of ether oxygens (including phenoxy) is 1. The maximum absolute atomic E-state index is 12.6. The number of sulfonamides is 1. The zero-order valence-corrected chi connectivity index (χ0v) is 19.3. The van der Waals surface area contributed by atoms with Crippen molar-refractivity contribution in [3.8, 4) is 0 Å². The third-order valence-electron chi connectivity index (χ3n) is 4.61. The van der Waals surface area contributed by atoms with Gasteiger partial charge < -0.3 is 10.1 Å². The zero-order chi connectivity index (χ0) is 22.6. The molecule has 1 aromatic heterocycles. The first-order chi connectivity index (χ1) is 14.7. The summed E-state index contributed by atoms with van der Waals surface area (Å²) in [5.41, 5.74) is 0.136. The van der Waals surface area contributed by atoms with Crippen molar-refractivity contribution in [3.63, 3.8) is 0 Å². The van der Waals surface area contributed by atoms with Gasteiger partial charge in [-0.05, 0) is 57.9 Å². The molecule has 2 unspecified atom stereocenters. The molecule has 1 saturated heterocycles. The van der Waals surface area contributed by atoms with Crippen molar-refractivity contribution in [1.82, 2.24) is 19.5 Å². The Hall–Kier alpha value is -2.15. The minimum Gasteiger partial charge on any atom is -0.376 e. The molecule has 0 bridgehead atoms. The van der Waals surface area contributed by atoms with Crippen LogP contribution in [0.3, 0.4) is 0 Å². The monoisotopic (exact) mass is 469 g/mol. The van der Waals surface area contributed by atoms with Gasteiger partial charge in [0.05, 0.1) is 22.8 Å². The van der Waals surface area contributed by atoms with Crippen molar-refractivity contribution in [2.45, 2.75) is 67.6 Å². The van der Waals surface area contributed by atoms with E-state index in [1.807, 2.05) is 0 Å². The summed E-state index contributed by atoms with van der Waals surface area (Å²) < 4.78 is 34.0. The molecule has 1 fully saturated rings. The number of benzene rings is 1. The van der Waals surface area contributed by atoms with Crippen LogP contribution >= 0.6 is 11.8 Å². The Labute approximate surface area is 185 Å². The first kappa shape index (κ1) is 23.5. The number of hydrogen-bond donors (Lipinski definition) is 3. The van der Waals surface area contributed by atoms with Crippen molar-refractivity contribution >= 4 is 33.4 Å². The maximum atomic E-state index is 12.6. The average Bonchev–Trinajstić information content (AvgIpc) is 3.33. The van der Waals surface area contributed by atoms with E-state index in [9.17, 15) is 18.0 Å². The normalized spacial score (nSPS) is 17.7. The van der Waals surface area contributed by atoms with E-state index >= 15 is 0 Å². The van der Waals surface area contributed by atoms with Crippen LogP contribution in [0.4, 0.5) is 5.69 Å². The molecule has 2 atom stereocenters. The number of anilines is 1. The van der Waals surface area contributed by atoms with Gasteiger partial charge in [-0.25, -0.2) is 23.0 Å². The highest BCUT2D eigenvalue weighted by atomic mass is 32.2.